The summed E-state index contributed by atoms with van der Waals surface area (Å²) >= 11 is 0. The van der Waals surface area contributed by atoms with E-state index in [1.807, 2.05) is 24.3 Å². The molecule has 3 amide bonds. The van der Waals surface area contributed by atoms with Crippen molar-refractivity contribution in [2.45, 2.75) is 83.5 Å². The van der Waals surface area contributed by atoms with Crippen molar-refractivity contribution in [3.8, 4) is 0 Å². The number of carbonyl (C=O) groups is 5. The Hall–Kier alpha value is -4.05. The molecule has 2 atom stereocenters. The van der Waals surface area contributed by atoms with Gasteiger partial charge in [-0.15, -0.1) is 0 Å². The fourth-order valence-electron chi connectivity index (χ4n) is 4.83. The average Bonchev–Trinajstić information content (AvgIpc) is 2.93. The molecule has 0 bridgehead atoms. The Kier molecular flexibility index (Phi) is 10.8. The molecule has 1 heterocycles. The number of hydrogen-bond acceptors (Lipinski definition) is 7. The smallest absolute Gasteiger partial charge is 0.417 e. The highest BCUT2D eigenvalue weighted by molar-refractivity contribution is 6.01. The molecule has 0 spiro atoms. The predicted octanol–water partition coefficient (Wildman–Crippen LogP) is 3.95. The Morgan fingerprint density at radius 3 is 2.22 bits per heavy atom. The standard InChI is InChI=1S/C31H39N3O7/c1-31(2,3)41-30(40)34(24(29(38)39)15-9-10-18-32)28(37)25-19-22-13-7-8-14-23(22)20-33(25)27(36)17-16-26(35)21-11-5-4-6-12-21/h4-8,11-14,24-25H,9-10,15-20,32H2,1-3H3,(H,38,39)/t24-,25-/m0/s1. The molecule has 0 unspecified atom stereocenters. The summed E-state index contributed by atoms with van der Waals surface area (Å²) < 4.78 is 5.47. The number of ether oxygens (including phenoxy) is 1. The summed E-state index contributed by atoms with van der Waals surface area (Å²) in [5.74, 6) is -2.85. The van der Waals surface area contributed by atoms with Gasteiger partial charge in [0.05, 0.1) is 0 Å². The third-order valence-electron chi connectivity index (χ3n) is 6.87. The molecule has 2 aromatic rings. The first kappa shape index (κ1) is 31.5. The molecule has 10 heteroatoms. The van der Waals surface area contributed by atoms with Gasteiger partial charge in [0.15, 0.2) is 5.78 Å². The number of hydrogen-bond donors (Lipinski definition) is 2. The average molecular weight is 566 g/mol. The number of rotatable bonds is 11. The molecule has 3 rings (SSSR count). The zero-order valence-electron chi connectivity index (χ0n) is 23.9. The number of carboxylic acid groups (broad SMARTS) is 1. The van der Waals surface area contributed by atoms with Gasteiger partial charge in [-0.25, -0.2) is 14.5 Å². The van der Waals surface area contributed by atoms with E-state index in [9.17, 15) is 29.1 Å². The second kappa shape index (κ2) is 14.0. The fourth-order valence-corrected chi connectivity index (χ4v) is 4.83. The molecule has 1 aliphatic heterocycles. The maximum atomic E-state index is 14.2. The lowest BCUT2D eigenvalue weighted by molar-refractivity contribution is -0.155. The number of nitrogens with two attached hydrogens (primary N) is 1. The Morgan fingerprint density at radius 2 is 1.61 bits per heavy atom. The number of amides is 3. The quantitative estimate of drug-likeness (QED) is 0.307. The van der Waals surface area contributed by atoms with Crippen molar-refractivity contribution in [1.82, 2.24) is 9.80 Å². The summed E-state index contributed by atoms with van der Waals surface area (Å²) in [4.78, 5) is 68.1. The Labute approximate surface area is 240 Å². The van der Waals surface area contributed by atoms with Crippen LogP contribution < -0.4 is 5.73 Å². The predicted molar refractivity (Wildman–Crippen MR) is 152 cm³/mol. The first-order chi connectivity index (χ1) is 19.4. The van der Waals surface area contributed by atoms with Gasteiger partial charge in [0.1, 0.15) is 17.7 Å². The molecule has 41 heavy (non-hydrogen) atoms. The van der Waals surface area contributed by atoms with E-state index in [-0.39, 0.29) is 38.0 Å². The topological polar surface area (TPSA) is 147 Å². The molecule has 1 aliphatic rings. The minimum Gasteiger partial charge on any atom is -0.480 e. The third-order valence-corrected chi connectivity index (χ3v) is 6.87. The van der Waals surface area contributed by atoms with Crippen LogP contribution in [0, 0.1) is 0 Å². The van der Waals surface area contributed by atoms with Crippen molar-refractivity contribution < 1.29 is 33.8 Å². The summed E-state index contributed by atoms with van der Waals surface area (Å²) in [6, 6.07) is 13.3. The zero-order valence-corrected chi connectivity index (χ0v) is 23.9. The fraction of sp³-hybridized carbons (Fsp3) is 0.452. The first-order valence-corrected chi connectivity index (χ1v) is 13.9. The van der Waals surface area contributed by atoms with E-state index in [0.717, 1.165) is 11.1 Å². The molecule has 0 radical (unpaired) electrons. The van der Waals surface area contributed by atoms with Crippen molar-refractivity contribution in [3.63, 3.8) is 0 Å². The van der Waals surface area contributed by atoms with Gasteiger partial charge in [0.25, 0.3) is 5.91 Å². The van der Waals surface area contributed by atoms with Crippen LogP contribution in [-0.2, 0) is 32.1 Å². The van der Waals surface area contributed by atoms with Gasteiger partial charge in [-0.05, 0) is 57.7 Å². The van der Waals surface area contributed by atoms with Crippen LogP contribution in [0.4, 0.5) is 4.79 Å². The molecule has 0 saturated heterocycles. The molecule has 0 aromatic heterocycles. The number of carbonyl (C=O) groups excluding carboxylic acids is 4. The normalized spacial score (nSPS) is 15.4. The van der Waals surface area contributed by atoms with Crippen LogP contribution in [0.1, 0.15) is 74.4 Å². The zero-order chi connectivity index (χ0) is 30.2. The van der Waals surface area contributed by atoms with Crippen molar-refractivity contribution in [2.75, 3.05) is 6.54 Å². The Bertz CT molecular complexity index is 1260. The monoisotopic (exact) mass is 565 g/mol. The number of aliphatic carboxylic acids is 1. The van der Waals surface area contributed by atoms with Crippen LogP contribution >= 0.6 is 0 Å². The maximum Gasteiger partial charge on any atom is 0.417 e. The molecule has 2 aromatic carbocycles. The van der Waals surface area contributed by atoms with Crippen molar-refractivity contribution in [1.29, 1.82) is 0 Å². The van der Waals surface area contributed by atoms with E-state index in [1.165, 1.54) is 4.90 Å². The van der Waals surface area contributed by atoms with E-state index in [2.05, 4.69) is 0 Å². The largest absolute Gasteiger partial charge is 0.480 e. The molecule has 220 valence electrons. The van der Waals surface area contributed by atoms with E-state index >= 15 is 0 Å². The highest BCUT2D eigenvalue weighted by atomic mass is 16.6. The Morgan fingerprint density at radius 1 is 0.976 bits per heavy atom. The van der Waals surface area contributed by atoms with Crippen LogP contribution in [0.3, 0.4) is 0 Å². The van der Waals surface area contributed by atoms with E-state index in [0.29, 0.717) is 29.8 Å². The molecule has 10 nitrogen and oxygen atoms in total. The van der Waals surface area contributed by atoms with Crippen LogP contribution in [0.25, 0.3) is 0 Å². The summed E-state index contributed by atoms with van der Waals surface area (Å²) in [6.07, 6.45) is -0.343. The van der Waals surface area contributed by atoms with E-state index in [4.69, 9.17) is 10.5 Å². The second-order valence-electron chi connectivity index (χ2n) is 11.1. The lowest BCUT2D eigenvalue weighted by Gasteiger charge is -2.39. The first-order valence-electron chi connectivity index (χ1n) is 13.9. The van der Waals surface area contributed by atoms with Gasteiger partial charge in [0.2, 0.25) is 5.91 Å². The molecule has 0 aliphatic carbocycles. The van der Waals surface area contributed by atoms with Crippen molar-refractivity contribution in [3.05, 3.63) is 71.3 Å². The lowest BCUT2D eigenvalue weighted by atomic mass is 9.92. The number of imide groups is 1. The lowest BCUT2D eigenvalue weighted by Crippen LogP contribution is -2.59. The van der Waals surface area contributed by atoms with Crippen LogP contribution in [0.2, 0.25) is 0 Å². The highest BCUT2D eigenvalue weighted by Gasteiger charge is 2.44. The summed E-state index contributed by atoms with van der Waals surface area (Å²) in [5.41, 5.74) is 6.71. The molecule has 0 fully saturated rings. The molecular weight excluding hydrogens is 526 g/mol. The van der Waals surface area contributed by atoms with Crippen LogP contribution in [0.15, 0.2) is 54.6 Å². The second-order valence-corrected chi connectivity index (χ2v) is 11.1. The van der Waals surface area contributed by atoms with Gasteiger partial charge < -0.3 is 20.5 Å². The number of ketones is 1. The number of fused-ring (bicyclic) bond motifs is 1. The van der Waals surface area contributed by atoms with Gasteiger partial charge >= 0.3 is 12.1 Å². The summed E-state index contributed by atoms with van der Waals surface area (Å²) in [6.45, 7) is 5.27. The van der Waals surface area contributed by atoms with Gasteiger partial charge in [-0.2, -0.15) is 0 Å². The maximum absolute atomic E-state index is 14.2. The number of benzene rings is 2. The number of nitrogens with zero attached hydrogens (tertiary/aromatic N) is 2. The van der Waals surface area contributed by atoms with Crippen LogP contribution in [0.5, 0.6) is 0 Å². The van der Waals surface area contributed by atoms with Gasteiger partial charge in [-0.3, -0.25) is 14.4 Å². The molecular formula is C31H39N3O7. The molecule has 3 N–H and O–H groups in total. The van der Waals surface area contributed by atoms with E-state index < -0.39 is 41.6 Å². The minimum atomic E-state index is -1.50. The van der Waals surface area contributed by atoms with Gasteiger partial charge in [0, 0.05) is 31.4 Å². The van der Waals surface area contributed by atoms with E-state index in [1.54, 1.807) is 51.1 Å². The number of Topliss-reactive ketones (excluding diaryl/α,β-unsaturated/α-hetero) is 1. The Balaban J connectivity index is 1.94. The van der Waals surface area contributed by atoms with Crippen molar-refractivity contribution in [2.24, 2.45) is 5.73 Å². The van der Waals surface area contributed by atoms with Crippen LogP contribution in [-0.4, -0.2) is 68.8 Å². The van der Waals surface area contributed by atoms with Gasteiger partial charge in [-0.1, -0.05) is 54.6 Å². The number of carboxylic acids is 1. The summed E-state index contributed by atoms with van der Waals surface area (Å²) in [5, 5.41) is 10.1. The van der Waals surface area contributed by atoms with Crippen molar-refractivity contribution >= 4 is 29.7 Å². The molecule has 0 saturated carbocycles. The minimum absolute atomic E-state index is 0.0135. The highest BCUT2D eigenvalue weighted by Crippen LogP contribution is 2.28. The summed E-state index contributed by atoms with van der Waals surface area (Å²) in [7, 11) is 0. The number of unbranched alkanes of at least 4 members (excludes halogenated alkanes) is 1. The SMILES string of the molecule is CC(C)(C)OC(=O)N(C(=O)[C@@H]1Cc2ccccc2CN1C(=O)CCC(=O)c1ccccc1)[C@@H](CCCCN)C(=O)O. The third kappa shape index (κ3) is 8.47.